The molecule has 3 rings (SSSR count). The second kappa shape index (κ2) is 7.79. The molecule has 27 heavy (non-hydrogen) atoms. The van der Waals surface area contributed by atoms with E-state index in [9.17, 15) is 14.4 Å². The zero-order valence-electron chi connectivity index (χ0n) is 15.1. The first-order chi connectivity index (χ1) is 12.9. The van der Waals surface area contributed by atoms with E-state index in [0.717, 1.165) is 15.7 Å². The van der Waals surface area contributed by atoms with Crippen LogP contribution < -0.4 is 16.6 Å². The molecule has 1 N–H and O–H groups in total. The number of halogens is 1. The third-order valence-electron chi connectivity index (χ3n) is 4.64. The van der Waals surface area contributed by atoms with Crippen molar-refractivity contribution in [1.82, 2.24) is 24.3 Å². The zero-order chi connectivity index (χ0) is 19.6. The van der Waals surface area contributed by atoms with Crippen molar-refractivity contribution in [3.63, 3.8) is 0 Å². The molecule has 0 radical (unpaired) electrons. The number of nitrogens with one attached hydrogen (secondary N) is 1. The Balaban J connectivity index is 1.63. The summed E-state index contributed by atoms with van der Waals surface area (Å²) in [7, 11) is 2.99. The van der Waals surface area contributed by atoms with E-state index in [4.69, 9.17) is 11.6 Å². The van der Waals surface area contributed by atoms with Crippen molar-refractivity contribution in [2.45, 2.75) is 13.0 Å². The van der Waals surface area contributed by atoms with Gasteiger partial charge in [-0.2, -0.15) is 0 Å². The SMILES string of the molecule is Cn1c(CNC(=O)N2CC=C(c3ccc(Cl)nc3)CC2)cc(=O)n(C)c1=O. The second-order valence-electron chi connectivity index (χ2n) is 6.33. The van der Waals surface area contributed by atoms with Crippen LogP contribution in [-0.4, -0.2) is 38.1 Å². The molecule has 8 nitrogen and oxygen atoms in total. The fourth-order valence-electron chi connectivity index (χ4n) is 2.91. The molecule has 1 aliphatic heterocycles. The lowest BCUT2D eigenvalue weighted by molar-refractivity contribution is 0.202. The van der Waals surface area contributed by atoms with Crippen LogP contribution in [0, 0.1) is 0 Å². The van der Waals surface area contributed by atoms with Crippen molar-refractivity contribution in [3.8, 4) is 0 Å². The fourth-order valence-corrected chi connectivity index (χ4v) is 3.02. The Bertz CT molecular complexity index is 1010. The van der Waals surface area contributed by atoms with Crippen LogP contribution in [0.15, 0.2) is 40.1 Å². The molecular formula is C18H20ClN5O3. The van der Waals surface area contributed by atoms with Crippen LogP contribution in [0.1, 0.15) is 17.7 Å². The van der Waals surface area contributed by atoms with E-state index in [2.05, 4.69) is 10.3 Å². The van der Waals surface area contributed by atoms with Crippen LogP contribution in [-0.2, 0) is 20.6 Å². The minimum absolute atomic E-state index is 0.106. The molecule has 0 bridgehead atoms. The lowest BCUT2D eigenvalue weighted by atomic mass is 10.0. The molecule has 3 heterocycles. The standard InChI is InChI=1S/C18H20ClN5O3/c1-22-14(9-16(25)23(2)18(22)27)11-21-17(26)24-7-5-12(6-8-24)13-3-4-15(19)20-10-13/h3-5,9-10H,6-8,11H2,1-2H3,(H,21,26). The Morgan fingerprint density at radius 3 is 2.67 bits per heavy atom. The Morgan fingerprint density at radius 2 is 2.04 bits per heavy atom. The van der Waals surface area contributed by atoms with Crippen molar-refractivity contribution < 1.29 is 4.79 Å². The number of amides is 2. The zero-order valence-corrected chi connectivity index (χ0v) is 15.9. The van der Waals surface area contributed by atoms with Gasteiger partial charge in [0.05, 0.1) is 6.54 Å². The summed E-state index contributed by atoms with van der Waals surface area (Å²) in [5.41, 5.74) is 1.75. The van der Waals surface area contributed by atoms with Gasteiger partial charge in [-0.25, -0.2) is 14.6 Å². The lowest BCUT2D eigenvalue weighted by Crippen LogP contribution is -2.43. The molecule has 0 fully saturated rings. The average molecular weight is 390 g/mol. The predicted octanol–water partition coefficient (Wildman–Crippen LogP) is 1.13. The van der Waals surface area contributed by atoms with Crippen molar-refractivity contribution >= 4 is 23.2 Å². The first-order valence-electron chi connectivity index (χ1n) is 8.46. The van der Waals surface area contributed by atoms with Crippen LogP contribution in [0.5, 0.6) is 0 Å². The summed E-state index contributed by atoms with van der Waals surface area (Å²) in [5, 5.41) is 3.21. The third-order valence-corrected chi connectivity index (χ3v) is 4.86. The largest absolute Gasteiger partial charge is 0.332 e. The molecule has 0 unspecified atom stereocenters. The first-order valence-corrected chi connectivity index (χ1v) is 8.84. The van der Waals surface area contributed by atoms with Crippen LogP contribution in [0.2, 0.25) is 5.15 Å². The molecule has 0 spiro atoms. The summed E-state index contributed by atoms with van der Waals surface area (Å²) in [6.45, 7) is 1.14. The van der Waals surface area contributed by atoms with E-state index < -0.39 is 11.2 Å². The van der Waals surface area contributed by atoms with Gasteiger partial charge < -0.3 is 10.2 Å². The summed E-state index contributed by atoms with van der Waals surface area (Å²) in [6.07, 6.45) is 4.42. The quantitative estimate of drug-likeness (QED) is 0.797. The number of pyridine rings is 1. The van der Waals surface area contributed by atoms with Crippen LogP contribution in [0.4, 0.5) is 4.79 Å². The summed E-state index contributed by atoms with van der Waals surface area (Å²) >= 11 is 5.81. The molecule has 0 saturated heterocycles. The molecule has 2 aromatic rings. The van der Waals surface area contributed by atoms with Gasteiger partial charge in [0.15, 0.2) is 0 Å². The van der Waals surface area contributed by atoms with E-state index in [-0.39, 0.29) is 12.6 Å². The van der Waals surface area contributed by atoms with Gasteiger partial charge in [0.1, 0.15) is 5.15 Å². The van der Waals surface area contributed by atoms with Crippen LogP contribution >= 0.6 is 11.6 Å². The Morgan fingerprint density at radius 1 is 1.26 bits per heavy atom. The number of nitrogens with zero attached hydrogens (tertiary/aromatic N) is 4. The Hall–Kier alpha value is -2.87. The molecule has 2 aromatic heterocycles. The normalized spacial score (nSPS) is 14.0. The van der Waals surface area contributed by atoms with Crippen molar-refractivity contribution in [2.24, 2.45) is 14.1 Å². The van der Waals surface area contributed by atoms with Crippen LogP contribution in [0.25, 0.3) is 5.57 Å². The topological polar surface area (TPSA) is 89.2 Å². The average Bonchev–Trinajstić information content (AvgIpc) is 2.68. The maximum Gasteiger partial charge on any atom is 0.330 e. The first kappa shape index (κ1) is 18.9. The molecule has 2 amide bonds. The van der Waals surface area contributed by atoms with Crippen LogP contribution in [0.3, 0.4) is 0 Å². The number of rotatable bonds is 3. The maximum atomic E-state index is 12.4. The van der Waals surface area contributed by atoms with Crippen molar-refractivity contribution in [1.29, 1.82) is 0 Å². The highest BCUT2D eigenvalue weighted by Crippen LogP contribution is 2.22. The van der Waals surface area contributed by atoms with E-state index >= 15 is 0 Å². The van der Waals surface area contributed by atoms with Crippen molar-refractivity contribution in [2.75, 3.05) is 13.1 Å². The third kappa shape index (κ3) is 4.11. The van der Waals surface area contributed by atoms with Crippen molar-refractivity contribution in [3.05, 3.63) is 67.7 Å². The maximum absolute atomic E-state index is 12.4. The number of aromatic nitrogens is 3. The molecule has 1 aliphatic rings. The number of urea groups is 1. The fraction of sp³-hybridized carbons (Fsp3) is 0.333. The Kier molecular flexibility index (Phi) is 5.46. The lowest BCUT2D eigenvalue weighted by Gasteiger charge is -2.27. The van der Waals surface area contributed by atoms with Gasteiger partial charge in [0.25, 0.3) is 5.56 Å². The molecule has 9 heteroatoms. The molecule has 142 valence electrons. The van der Waals surface area contributed by atoms with E-state index in [1.165, 1.54) is 17.7 Å². The van der Waals surface area contributed by atoms with Gasteiger partial charge in [0.2, 0.25) is 0 Å². The number of carbonyl (C=O) groups excluding carboxylic acids is 1. The van der Waals surface area contributed by atoms with E-state index in [1.807, 2.05) is 12.1 Å². The van der Waals surface area contributed by atoms with Gasteiger partial charge in [-0.3, -0.25) is 13.9 Å². The van der Waals surface area contributed by atoms with Gasteiger partial charge in [-0.15, -0.1) is 0 Å². The molecule has 0 saturated carbocycles. The highest BCUT2D eigenvalue weighted by atomic mass is 35.5. The van der Waals surface area contributed by atoms with Gasteiger partial charge in [0, 0.05) is 45.1 Å². The highest BCUT2D eigenvalue weighted by molar-refractivity contribution is 6.29. The number of hydrogen-bond donors (Lipinski definition) is 1. The second-order valence-corrected chi connectivity index (χ2v) is 6.72. The highest BCUT2D eigenvalue weighted by Gasteiger charge is 2.18. The van der Waals surface area contributed by atoms with Gasteiger partial charge >= 0.3 is 11.7 Å². The summed E-state index contributed by atoms with van der Waals surface area (Å²) < 4.78 is 2.37. The summed E-state index contributed by atoms with van der Waals surface area (Å²) in [5.74, 6) is 0. The molecule has 0 aromatic carbocycles. The van der Waals surface area contributed by atoms with E-state index in [1.54, 1.807) is 24.2 Å². The molecule has 0 atom stereocenters. The minimum Gasteiger partial charge on any atom is -0.332 e. The van der Waals surface area contributed by atoms with Gasteiger partial charge in [-0.1, -0.05) is 23.7 Å². The Labute approximate surface area is 160 Å². The monoisotopic (exact) mass is 389 g/mol. The summed E-state index contributed by atoms with van der Waals surface area (Å²) in [4.78, 5) is 41.8. The van der Waals surface area contributed by atoms with E-state index in [0.29, 0.717) is 30.4 Å². The molecule has 0 aliphatic carbocycles. The summed E-state index contributed by atoms with van der Waals surface area (Å²) in [6, 6.07) is 4.76. The van der Waals surface area contributed by atoms with Gasteiger partial charge in [-0.05, 0) is 23.6 Å². The smallest absolute Gasteiger partial charge is 0.330 e. The number of hydrogen-bond acceptors (Lipinski definition) is 4. The number of carbonyl (C=O) groups is 1. The predicted molar refractivity (Wildman–Crippen MR) is 103 cm³/mol. The minimum atomic E-state index is -0.422. The molecular weight excluding hydrogens is 370 g/mol.